The Kier molecular flexibility index (Phi) is 4.24. The number of ketones is 1. The average Bonchev–Trinajstić information content (AvgIpc) is 3.03. The first-order valence-electron chi connectivity index (χ1n) is 7.84. The lowest BCUT2D eigenvalue weighted by atomic mass is 9.89. The molecule has 2 fully saturated rings. The highest BCUT2D eigenvalue weighted by Crippen LogP contribution is 2.29. The standard InChI is InChI=1S/C17H22FNO2/c1-12-10-16(19-6-2-3-7-19)15(18)11-14(12)17(20)13-4-8-21-9-5-13/h10-11,13H,2-9H2,1H3. The van der Waals surface area contributed by atoms with Gasteiger partial charge in [0.05, 0.1) is 5.69 Å². The average molecular weight is 291 g/mol. The van der Waals surface area contributed by atoms with E-state index in [0.717, 1.165) is 44.3 Å². The first kappa shape index (κ1) is 14.5. The molecule has 2 aliphatic heterocycles. The van der Waals surface area contributed by atoms with E-state index in [0.29, 0.717) is 24.5 Å². The summed E-state index contributed by atoms with van der Waals surface area (Å²) in [6.07, 6.45) is 3.71. The lowest BCUT2D eigenvalue weighted by molar-refractivity contribution is 0.0544. The molecule has 0 radical (unpaired) electrons. The van der Waals surface area contributed by atoms with Crippen LogP contribution in [0.1, 0.15) is 41.6 Å². The van der Waals surface area contributed by atoms with Crippen LogP contribution in [-0.4, -0.2) is 32.1 Å². The summed E-state index contributed by atoms with van der Waals surface area (Å²) in [6, 6.07) is 3.29. The van der Waals surface area contributed by atoms with Crippen molar-refractivity contribution in [1.82, 2.24) is 0 Å². The predicted octanol–water partition coefficient (Wildman–Crippen LogP) is 3.34. The molecule has 0 unspecified atom stereocenters. The van der Waals surface area contributed by atoms with Crippen molar-refractivity contribution >= 4 is 11.5 Å². The molecule has 0 bridgehead atoms. The highest BCUT2D eigenvalue weighted by atomic mass is 19.1. The highest BCUT2D eigenvalue weighted by molar-refractivity contribution is 5.99. The summed E-state index contributed by atoms with van der Waals surface area (Å²) in [4.78, 5) is 14.6. The number of anilines is 1. The molecule has 114 valence electrons. The number of hydrogen-bond acceptors (Lipinski definition) is 3. The largest absolute Gasteiger partial charge is 0.381 e. The van der Waals surface area contributed by atoms with Crippen molar-refractivity contribution in [3.8, 4) is 0 Å². The van der Waals surface area contributed by atoms with Gasteiger partial charge in [0.1, 0.15) is 5.82 Å². The maximum atomic E-state index is 14.4. The quantitative estimate of drug-likeness (QED) is 0.800. The Morgan fingerprint density at radius 1 is 1.24 bits per heavy atom. The molecule has 3 nitrogen and oxygen atoms in total. The minimum atomic E-state index is -0.266. The van der Waals surface area contributed by atoms with Gasteiger partial charge < -0.3 is 9.64 Å². The lowest BCUT2D eigenvalue weighted by Gasteiger charge is -2.23. The van der Waals surface area contributed by atoms with Crippen molar-refractivity contribution in [2.45, 2.75) is 32.6 Å². The van der Waals surface area contributed by atoms with E-state index in [1.807, 2.05) is 13.0 Å². The van der Waals surface area contributed by atoms with Crippen LogP contribution in [0.4, 0.5) is 10.1 Å². The summed E-state index contributed by atoms with van der Waals surface area (Å²) in [5.41, 5.74) is 2.07. The first-order chi connectivity index (χ1) is 10.2. The molecule has 0 spiro atoms. The van der Waals surface area contributed by atoms with Crippen LogP contribution in [-0.2, 0) is 4.74 Å². The van der Waals surface area contributed by atoms with Crippen molar-refractivity contribution in [3.05, 3.63) is 29.1 Å². The molecule has 0 N–H and O–H groups in total. The van der Waals surface area contributed by atoms with Gasteiger partial charge in [0.25, 0.3) is 0 Å². The topological polar surface area (TPSA) is 29.5 Å². The normalized spacial score (nSPS) is 20.0. The molecule has 0 aliphatic carbocycles. The van der Waals surface area contributed by atoms with Crippen molar-refractivity contribution < 1.29 is 13.9 Å². The SMILES string of the molecule is Cc1cc(N2CCCC2)c(F)cc1C(=O)C1CCOCC1. The van der Waals surface area contributed by atoms with Gasteiger partial charge in [0.2, 0.25) is 0 Å². The van der Waals surface area contributed by atoms with E-state index in [4.69, 9.17) is 4.74 Å². The smallest absolute Gasteiger partial charge is 0.166 e. The van der Waals surface area contributed by atoms with Crippen LogP contribution in [0.25, 0.3) is 0 Å². The minimum Gasteiger partial charge on any atom is -0.381 e. The van der Waals surface area contributed by atoms with Gasteiger partial charge in [-0.25, -0.2) is 4.39 Å². The molecule has 2 heterocycles. The molecular formula is C17H22FNO2. The van der Waals surface area contributed by atoms with Gasteiger partial charge in [-0.1, -0.05) is 0 Å². The van der Waals surface area contributed by atoms with Crippen molar-refractivity contribution in [2.24, 2.45) is 5.92 Å². The summed E-state index contributed by atoms with van der Waals surface area (Å²) in [5, 5.41) is 0. The van der Waals surface area contributed by atoms with Gasteiger partial charge in [-0.2, -0.15) is 0 Å². The number of ether oxygens (including phenoxy) is 1. The van der Waals surface area contributed by atoms with Crippen LogP contribution in [0, 0.1) is 18.7 Å². The number of hydrogen-bond donors (Lipinski definition) is 0. The Labute approximate surface area is 125 Å². The van der Waals surface area contributed by atoms with Gasteiger partial charge in [0.15, 0.2) is 5.78 Å². The fraction of sp³-hybridized carbons (Fsp3) is 0.588. The zero-order chi connectivity index (χ0) is 14.8. The summed E-state index contributed by atoms with van der Waals surface area (Å²) >= 11 is 0. The summed E-state index contributed by atoms with van der Waals surface area (Å²) in [7, 11) is 0. The molecule has 0 amide bonds. The number of rotatable bonds is 3. The number of carbonyl (C=O) groups is 1. The van der Waals surface area contributed by atoms with E-state index in [1.54, 1.807) is 0 Å². The number of nitrogens with zero attached hydrogens (tertiary/aromatic N) is 1. The van der Waals surface area contributed by atoms with E-state index in [1.165, 1.54) is 6.07 Å². The molecule has 21 heavy (non-hydrogen) atoms. The molecule has 1 aromatic carbocycles. The minimum absolute atomic E-state index is 0.0190. The summed E-state index contributed by atoms with van der Waals surface area (Å²) in [6.45, 7) is 4.98. The fourth-order valence-electron chi connectivity index (χ4n) is 3.31. The number of benzene rings is 1. The third kappa shape index (κ3) is 2.95. The molecule has 2 saturated heterocycles. The Morgan fingerprint density at radius 2 is 1.90 bits per heavy atom. The van der Waals surface area contributed by atoms with Crippen molar-refractivity contribution in [1.29, 1.82) is 0 Å². The van der Waals surface area contributed by atoms with Crippen LogP contribution in [0.2, 0.25) is 0 Å². The number of halogens is 1. The van der Waals surface area contributed by atoms with Crippen LogP contribution < -0.4 is 4.90 Å². The predicted molar refractivity (Wildman–Crippen MR) is 80.5 cm³/mol. The van der Waals surface area contributed by atoms with Gasteiger partial charge in [-0.05, 0) is 50.3 Å². The fourth-order valence-corrected chi connectivity index (χ4v) is 3.31. The van der Waals surface area contributed by atoms with E-state index in [9.17, 15) is 9.18 Å². The van der Waals surface area contributed by atoms with Gasteiger partial charge in [-0.3, -0.25) is 4.79 Å². The molecule has 4 heteroatoms. The molecule has 2 aliphatic rings. The number of carbonyl (C=O) groups excluding carboxylic acids is 1. The summed E-state index contributed by atoms with van der Waals surface area (Å²) < 4.78 is 19.7. The highest BCUT2D eigenvalue weighted by Gasteiger charge is 2.26. The van der Waals surface area contributed by atoms with Crippen LogP contribution >= 0.6 is 0 Å². The van der Waals surface area contributed by atoms with Crippen LogP contribution in [0.5, 0.6) is 0 Å². The Morgan fingerprint density at radius 3 is 2.57 bits per heavy atom. The Hall–Kier alpha value is -1.42. The van der Waals surface area contributed by atoms with Crippen LogP contribution in [0.15, 0.2) is 12.1 Å². The Balaban J connectivity index is 1.85. The Bertz CT molecular complexity index is 532. The molecule has 0 aromatic heterocycles. The van der Waals surface area contributed by atoms with Crippen molar-refractivity contribution in [3.63, 3.8) is 0 Å². The number of Topliss-reactive ketones (excluding diaryl/α,β-unsaturated/α-hetero) is 1. The second-order valence-electron chi connectivity index (χ2n) is 6.06. The second-order valence-corrected chi connectivity index (χ2v) is 6.06. The van der Waals surface area contributed by atoms with E-state index >= 15 is 0 Å². The molecule has 3 rings (SSSR count). The van der Waals surface area contributed by atoms with Gasteiger partial charge in [0, 0.05) is 37.8 Å². The molecular weight excluding hydrogens is 269 g/mol. The third-order valence-corrected chi connectivity index (χ3v) is 4.60. The van der Waals surface area contributed by atoms with E-state index in [-0.39, 0.29) is 17.5 Å². The lowest BCUT2D eigenvalue weighted by Crippen LogP contribution is -2.25. The zero-order valence-corrected chi connectivity index (χ0v) is 12.5. The van der Waals surface area contributed by atoms with Crippen molar-refractivity contribution in [2.75, 3.05) is 31.2 Å². The molecule has 0 atom stereocenters. The van der Waals surface area contributed by atoms with Gasteiger partial charge in [-0.15, -0.1) is 0 Å². The van der Waals surface area contributed by atoms with Crippen LogP contribution in [0.3, 0.4) is 0 Å². The maximum absolute atomic E-state index is 14.4. The third-order valence-electron chi connectivity index (χ3n) is 4.60. The van der Waals surface area contributed by atoms with E-state index in [2.05, 4.69) is 4.90 Å². The molecule has 1 aromatic rings. The first-order valence-corrected chi connectivity index (χ1v) is 7.84. The second kappa shape index (κ2) is 6.14. The van der Waals surface area contributed by atoms with Gasteiger partial charge >= 0.3 is 0 Å². The zero-order valence-electron chi connectivity index (χ0n) is 12.5. The maximum Gasteiger partial charge on any atom is 0.166 e. The monoisotopic (exact) mass is 291 g/mol. The van der Waals surface area contributed by atoms with E-state index < -0.39 is 0 Å². The molecule has 0 saturated carbocycles. The summed E-state index contributed by atoms with van der Waals surface area (Å²) in [5.74, 6) is -0.213. The number of aryl methyl sites for hydroxylation is 1.